The number of fused-ring (bicyclic) bond motifs is 1. The number of hydrogen-bond acceptors (Lipinski definition) is 10. The minimum atomic E-state index is -1.41. The lowest BCUT2D eigenvalue weighted by Crippen LogP contribution is -2.45. The minimum Gasteiger partial charge on any atom is -0.465 e. The molecule has 3 aromatic rings. The number of ether oxygens (including phenoxy) is 1. The number of nitrogens with zero attached hydrogens (tertiary/aromatic N) is 5. The predicted molar refractivity (Wildman–Crippen MR) is 119 cm³/mol. The number of nitrogen functional groups attached to an aromatic ring is 1. The lowest BCUT2D eigenvalue weighted by molar-refractivity contribution is -0.118. The predicted octanol–water partition coefficient (Wildman–Crippen LogP) is 0.0726. The molecule has 1 fully saturated rings. The number of rotatable bonds is 6. The first-order valence-electron chi connectivity index (χ1n) is 10.1. The van der Waals surface area contributed by atoms with Gasteiger partial charge >= 0.3 is 6.09 Å². The molecule has 3 heterocycles. The Labute approximate surface area is 187 Å². The molecule has 1 unspecified atom stereocenters. The van der Waals surface area contributed by atoms with E-state index in [4.69, 9.17) is 20.6 Å². The first-order chi connectivity index (χ1) is 15.9. The zero-order valence-corrected chi connectivity index (χ0v) is 17.4. The Morgan fingerprint density at radius 3 is 2.55 bits per heavy atom. The monoisotopic (exact) mass is 454 g/mol. The molecule has 0 bridgehead atoms. The van der Waals surface area contributed by atoms with Crippen LogP contribution in [0.15, 0.2) is 30.5 Å². The lowest BCUT2D eigenvalue weighted by atomic mass is 10.1. The number of carbonyl (C=O) groups is 2. The number of aromatic nitrogens is 4. The van der Waals surface area contributed by atoms with Crippen LogP contribution in [0.3, 0.4) is 0 Å². The van der Waals surface area contributed by atoms with E-state index in [-0.39, 0.29) is 5.95 Å². The van der Waals surface area contributed by atoms with Crippen molar-refractivity contribution >= 4 is 40.6 Å². The summed E-state index contributed by atoms with van der Waals surface area (Å²) in [7, 11) is 0. The molecule has 1 aliphatic rings. The second-order valence-corrected chi connectivity index (χ2v) is 7.18. The highest BCUT2D eigenvalue weighted by Gasteiger charge is 2.21. The van der Waals surface area contributed by atoms with Crippen LogP contribution in [-0.4, -0.2) is 81.1 Å². The second-order valence-electron chi connectivity index (χ2n) is 7.18. The topological polar surface area (TPSA) is 189 Å². The van der Waals surface area contributed by atoms with E-state index < -0.39 is 24.6 Å². The van der Waals surface area contributed by atoms with Crippen molar-refractivity contribution in [3.63, 3.8) is 0 Å². The number of nitrogens with two attached hydrogens (primary N) is 1. The van der Waals surface area contributed by atoms with Crippen molar-refractivity contribution in [3.05, 3.63) is 30.5 Å². The fourth-order valence-corrected chi connectivity index (χ4v) is 3.34. The van der Waals surface area contributed by atoms with Gasteiger partial charge in [-0.15, -0.1) is 0 Å². The van der Waals surface area contributed by atoms with Gasteiger partial charge in [0.2, 0.25) is 11.9 Å². The SMILES string of the molecule is Nc1nc(N2CCOCC2)c2nc(-c3ccc(NC(=O)C(CO)NC(=O)O)cc3)cnc2n1. The van der Waals surface area contributed by atoms with E-state index in [0.717, 1.165) is 5.56 Å². The van der Waals surface area contributed by atoms with Crippen LogP contribution >= 0.6 is 0 Å². The fraction of sp³-hybridized carbons (Fsp3) is 0.300. The number of anilines is 3. The number of carbonyl (C=O) groups excluding carboxylic acids is 1. The molecule has 33 heavy (non-hydrogen) atoms. The van der Waals surface area contributed by atoms with Crippen LogP contribution in [0.5, 0.6) is 0 Å². The quantitative estimate of drug-likeness (QED) is 0.339. The fourth-order valence-electron chi connectivity index (χ4n) is 3.34. The van der Waals surface area contributed by atoms with Crippen molar-refractivity contribution in [3.8, 4) is 11.3 Å². The Morgan fingerprint density at radius 2 is 1.88 bits per heavy atom. The number of nitrogens with one attached hydrogen (secondary N) is 2. The molecule has 0 aliphatic carbocycles. The van der Waals surface area contributed by atoms with E-state index in [9.17, 15) is 14.7 Å². The molecule has 1 aromatic carbocycles. The molecule has 2 aromatic heterocycles. The third-order valence-electron chi connectivity index (χ3n) is 4.96. The Balaban J connectivity index is 1.58. The molecule has 6 N–H and O–H groups in total. The molecular weight excluding hydrogens is 432 g/mol. The largest absolute Gasteiger partial charge is 0.465 e. The second kappa shape index (κ2) is 9.58. The molecule has 13 heteroatoms. The van der Waals surface area contributed by atoms with Crippen LogP contribution in [0.1, 0.15) is 0 Å². The smallest absolute Gasteiger partial charge is 0.405 e. The Bertz CT molecular complexity index is 1170. The van der Waals surface area contributed by atoms with Gasteiger partial charge in [0.05, 0.1) is 31.7 Å². The highest BCUT2D eigenvalue weighted by molar-refractivity contribution is 5.96. The summed E-state index contributed by atoms with van der Waals surface area (Å²) in [4.78, 5) is 42.5. The van der Waals surface area contributed by atoms with E-state index in [1.165, 1.54) is 0 Å². The summed E-state index contributed by atoms with van der Waals surface area (Å²) in [6.45, 7) is 1.78. The van der Waals surface area contributed by atoms with Crippen molar-refractivity contribution in [2.45, 2.75) is 6.04 Å². The van der Waals surface area contributed by atoms with E-state index in [0.29, 0.717) is 54.7 Å². The number of morpholine rings is 1. The van der Waals surface area contributed by atoms with Gasteiger partial charge < -0.3 is 36.2 Å². The van der Waals surface area contributed by atoms with Gasteiger partial charge in [-0.1, -0.05) is 12.1 Å². The van der Waals surface area contributed by atoms with Gasteiger partial charge in [0.1, 0.15) is 6.04 Å². The summed E-state index contributed by atoms with van der Waals surface area (Å²) in [5.41, 5.74) is 8.49. The standard InChI is InChI=1S/C20H22N8O5/c21-19-26-16-15(17(27-19)28-5-7-33-8-6-28)24-13(9-22-16)11-1-3-12(4-2-11)23-18(30)14(10-29)25-20(31)32/h1-4,9,14,25,29H,5-8,10H2,(H,23,30)(H,31,32)(H2,21,22,26,27). The van der Waals surface area contributed by atoms with Crippen LogP contribution in [0.25, 0.3) is 22.4 Å². The van der Waals surface area contributed by atoms with Crippen LogP contribution in [-0.2, 0) is 9.53 Å². The third kappa shape index (κ3) is 5.05. The number of benzene rings is 1. The summed E-state index contributed by atoms with van der Waals surface area (Å²) in [6.07, 6.45) is 0.168. The van der Waals surface area contributed by atoms with E-state index >= 15 is 0 Å². The molecule has 4 rings (SSSR count). The maximum Gasteiger partial charge on any atom is 0.405 e. The zero-order chi connectivity index (χ0) is 23.4. The molecule has 1 atom stereocenters. The van der Waals surface area contributed by atoms with Crippen molar-refractivity contribution in [2.24, 2.45) is 0 Å². The molecular formula is C20H22N8O5. The Morgan fingerprint density at radius 1 is 1.15 bits per heavy atom. The normalized spacial score (nSPS) is 14.6. The van der Waals surface area contributed by atoms with Crippen LogP contribution in [0, 0.1) is 0 Å². The maximum atomic E-state index is 12.1. The summed E-state index contributed by atoms with van der Waals surface area (Å²) in [5, 5.41) is 22.4. The summed E-state index contributed by atoms with van der Waals surface area (Å²) < 4.78 is 5.41. The van der Waals surface area contributed by atoms with Crippen molar-refractivity contribution in [1.82, 2.24) is 25.3 Å². The van der Waals surface area contributed by atoms with Gasteiger partial charge in [0.25, 0.3) is 0 Å². The van der Waals surface area contributed by atoms with Crippen molar-refractivity contribution in [2.75, 3.05) is 48.9 Å². The summed E-state index contributed by atoms with van der Waals surface area (Å²) >= 11 is 0. The average Bonchev–Trinajstić information content (AvgIpc) is 2.82. The number of hydrogen-bond donors (Lipinski definition) is 5. The van der Waals surface area contributed by atoms with Crippen LogP contribution < -0.4 is 21.3 Å². The van der Waals surface area contributed by atoms with Gasteiger partial charge in [-0.3, -0.25) is 4.79 Å². The highest BCUT2D eigenvalue weighted by Crippen LogP contribution is 2.26. The Hall–Kier alpha value is -4.10. The first kappa shape index (κ1) is 22.1. The molecule has 1 aliphatic heterocycles. The van der Waals surface area contributed by atoms with E-state index in [1.807, 2.05) is 10.2 Å². The zero-order valence-electron chi connectivity index (χ0n) is 17.4. The number of aliphatic hydroxyl groups excluding tert-OH is 1. The molecule has 1 saturated heterocycles. The van der Waals surface area contributed by atoms with Crippen LogP contribution in [0.4, 0.5) is 22.2 Å². The van der Waals surface area contributed by atoms with Gasteiger partial charge in [-0.2, -0.15) is 9.97 Å². The van der Waals surface area contributed by atoms with E-state index in [1.54, 1.807) is 30.5 Å². The average molecular weight is 454 g/mol. The highest BCUT2D eigenvalue weighted by atomic mass is 16.5. The summed E-state index contributed by atoms with van der Waals surface area (Å²) in [5.74, 6) is 0.0350. The molecule has 0 saturated carbocycles. The van der Waals surface area contributed by atoms with Crippen molar-refractivity contribution < 1.29 is 24.5 Å². The number of aliphatic hydroxyl groups is 1. The first-order valence-corrected chi connectivity index (χ1v) is 10.1. The molecule has 13 nitrogen and oxygen atoms in total. The molecule has 0 radical (unpaired) electrons. The van der Waals surface area contributed by atoms with Crippen LogP contribution in [0.2, 0.25) is 0 Å². The van der Waals surface area contributed by atoms with Gasteiger partial charge in [0, 0.05) is 24.3 Å². The maximum absolute atomic E-state index is 12.1. The lowest BCUT2D eigenvalue weighted by Gasteiger charge is -2.28. The van der Waals surface area contributed by atoms with Gasteiger partial charge in [-0.25, -0.2) is 14.8 Å². The van der Waals surface area contributed by atoms with Gasteiger partial charge in [-0.05, 0) is 12.1 Å². The molecule has 0 spiro atoms. The third-order valence-corrected chi connectivity index (χ3v) is 4.96. The van der Waals surface area contributed by atoms with E-state index in [2.05, 4.69) is 20.3 Å². The Kier molecular flexibility index (Phi) is 6.42. The molecule has 172 valence electrons. The van der Waals surface area contributed by atoms with Gasteiger partial charge in [0.15, 0.2) is 17.0 Å². The summed E-state index contributed by atoms with van der Waals surface area (Å²) in [6, 6.07) is 5.46. The van der Waals surface area contributed by atoms with Crippen molar-refractivity contribution in [1.29, 1.82) is 0 Å². The number of amides is 2. The molecule has 2 amide bonds. The number of carboxylic acid groups (broad SMARTS) is 1. The minimum absolute atomic E-state index is 0.115.